The van der Waals surface area contributed by atoms with Gasteiger partial charge in [0.2, 0.25) is 0 Å². The van der Waals surface area contributed by atoms with Crippen molar-refractivity contribution >= 4 is 39.1 Å². The summed E-state index contributed by atoms with van der Waals surface area (Å²) in [5, 5.41) is 2.27. The number of aromatic nitrogens is 2. The van der Waals surface area contributed by atoms with Crippen molar-refractivity contribution in [2.75, 3.05) is 58.0 Å². The summed E-state index contributed by atoms with van der Waals surface area (Å²) in [6.07, 6.45) is 3.24. The molecule has 2 aromatic heterocycles. The van der Waals surface area contributed by atoms with Gasteiger partial charge in [0.15, 0.2) is 5.16 Å². The van der Waals surface area contributed by atoms with Crippen molar-refractivity contribution < 1.29 is 9.80 Å². The van der Waals surface area contributed by atoms with Crippen LogP contribution in [0.1, 0.15) is 10.4 Å². The van der Waals surface area contributed by atoms with Crippen molar-refractivity contribution in [1.29, 1.82) is 0 Å². The van der Waals surface area contributed by atoms with E-state index in [4.69, 9.17) is 9.97 Å². The lowest BCUT2D eigenvalue weighted by Crippen LogP contribution is -3.12. The first-order valence-electron chi connectivity index (χ1n) is 8.39. The normalized spacial score (nSPS) is 22.6. The van der Waals surface area contributed by atoms with Crippen molar-refractivity contribution in [2.45, 2.75) is 18.1 Å². The minimum atomic E-state index is 0.915. The molecule has 23 heavy (non-hydrogen) atoms. The molecule has 7 heteroatoms. The molecule has 1 fully saturated rings. The minimum Gasteiger partial charge on any atom is -0.345 e. The lowest BCUT2D eigenvalue weighted by atomic mass is 10.0. The summed E-state index contributed by atoms with van der Waals surface area (Å²) >= 11 is 3.55. The van der Waals surface area contributed by atoms with Gasteiger partial charge in [0.05, 0.1) is 57.1 Å². The van der Waals surface area contributed by atoms with Crippen LogP contribution in [0, 0.1) is 0 Å². The fourth-order valence-electron chi connectivity index (χ4n) is 3.59. The monoisotopic (exact) mass is 351 g/mol. The van der Waals surface area contributed by atoms with E-state index in [0.29, 0.717) is 0 Å². The molecule has 4 rings (SSSR count). The van der Waals surface area contributed by atoms with E-state index in [-0.39, 0.29) is 0 Å². The van der Waals surface area contributed by atoms with E-state index in [1.54, 1.807) is 21.6 Å². The van der Waals surface area contributed by atoms with Gasteiger partial charge in [-0.1, -0.05) is 11.8 Å². The molecule has 2 aliphatic rings. The highest BCUT2D eigenvalue weighted by molar-refractivity contribution is 7.98. The Kier molecular flexibility index (Phi) is 4.21. The average Bonchev–Trinajstić information content (AvgIpc) is 2.91. The maximum absolute atomic E-state index is 4.94. The third kappa shape index (κ3) is 2.84. The number of likely N-dealkylation sites (N-methyl/N-ethyl adjacent to an activating group) is 2. The molecule has 0 spiro atoms. The zero-order valence-electron chi connectivity index (χ0n) is 14.1. The number of thiophene rings is 1. The molecule has 0 aliphatic carbocycles. The van der Waals surface area contributed by atoms with E-state index in [1.165, 1.54) is 46.1 Å². The Balaban J connectivity index is 1.84. The van der Waals surface area contributed by atoms with Gasteiger partial charge >= 0.3 is 0 Å². The third-order valence-electron chi connectivity index (χ3n) is 5.06. The molecule has 1 saturated heterocycles. The summed E-state index contributed by atoms with van der Waals surface area (Å²) in [6, 6.07) is 0. The van der Waals surface area contributed by atoms with E-state index in [2.05, 4.69) is 25.3 Å². The van der Waals surface area contributed by atoms with Crippen molar-refractivity contribution in [3.63, 3.8) is 0 Å². The molecule has 0 saturated carbocycles. The van der Waals surface area contributed by atoms with Crippen LogP contribution in [-0.2, 0) is 13.0 Å². The number of rotatable bonds is 2. The molecule has 2 aliphatic heterocycles. The van der Waals surface area contributed by atoms with Gasteiger partial charge < -0.3 is 14.7 Å². The summed E-state index contributed by atoms with van der Waals surface area (Å²) in [6.45, 7) is 6.94. The second-order valence-corrected chi connectivity index (χ2v) is 8.65. The van der Waals surface area contributed by atoms with E-state index in [0.717, 1.165) is 31.2 Å². The van der Waals surface area contributed by atoms with Gasteiger partial charge in [-0.2, -0.15) is 0 Å². The third-order valence-corrected chi connectivity index (χ3v) is 6.73. The molecular formula is C16H25N5S2+2. The molecule has 0 bridgehead atoms. The molecule has 0 amide bonds. The molecule has 1 atom stereocenters. The van der Waals surface area contributed by atoms with Gasteiger partial charge in [-0.3, -0.25) is 0 Å². The van der Waals surface area contributed by atoms with Gasteiger partial charge in [-0.15, -0.1) is 11.3 Å². The molecule has 0 aromatic carbocycles. The Morgan fingerprint density at radius 1 is 1.09 bits per heavy atom. The zero-order chi connectivity index (χ0) is 16.0. The molecule has 5 nitrogen and oxygen atoms in total. The lowest BCUT2D eigenvalue weighted by molar-refractivity contribution is -0.895. The highest BCUT2D eigenvalue weighted by Gasteiger charge is 2.28. The second-order valence-electron chi connectivity index (χ2n) is 6.80. The SMILES string of the molecule is CSc1nc(N2CC[NH+](C)CC2)c2c3c(sc2n1)C[NH+](C)CC3. The van der Waals surface area contributed by atoms with Crippen molar-refractivity contribution in [2.24, 2.45) is 0 Å². The Hall–Kier alpha value is -0.890. The highest BCUT2D eigenvalue weighted by atomic mass is 32.2. The molecule has 2 N–H and O–H groups in total. The first-order chi connectivity index (χ1) is 11.2. The largest absolute Gasteiger partial charge is 0.345 e. The van der Waals surface area contributed by atoms with Crippen LogP contribution in [0.3, 0.4) is 0 Å². The summed E-state index contributed by atoms with van der Waals surface area (Å²) in [4.78, 5) is 18.2. The van der Waals surface area contributed by atoms with Gasteiger partial charge in [-0.25, -0.2) is 9.97 Å². The van der Waals surface area contributed by atoms with Crippen LogP contribution in [0.15, 0.2) is 5.16 Å². The predicted molar refractivity (Wildman–Crippen MR) is 97.2 cm³/mol. The molecule has 0 radical (unpaired) electrons. The number of nitrogens with zero attached hydrogens (tertiary/aromatic N) is 3. The van der Waals surface area contributed by atoms with E-state index >= 15 is 0 Å². The fourth-order valence-corrected chi connectivity index (χ4v) is 5.34. The Morgan fingerprint density at radius 3 is 2.61 bits per heavy atom. The smallest absolute Gasteiger partial charge is 0.190 e. The van der Waals surface area contributed by atoms with Crippen LogP contribution >= 0.6 is 23.1 Å². The van der Waals surface area contributed by atoms with Crippen LogP contribution in [0.5, 0.6) is 0 Å². The fraction of sp³-hybridized carbons (Fsp3) is 0.625. The maximum atomic E-state index is 4.94. The number of piperazine rings is 1. The topological polar surface area (TPSA) is 37.9 Å². The molecular weight excluding hydrogens is 326 g/mol. The van der Waals surface area contributed by atoms with Gasteiger partial charge in [0, 0.05) is 6.42 Å². The number of anilines is 1. The van der Waals surface area contributed by atoms with Gasteiger partial charge in [-0.05, 0) is 11.8 Å². The van der Waals surface area contributed by atoms with E-state index < -0.39 is 0 Å². The molecule has 124 valence electrons. The van der Waals surface area contributed by atoms with Crippen LogP contribution in [0.4, 0.5) is 5.82 Å². The number of thioether (sulfide) groups is 1. The molecule has 4 heterocycles. The van der Waals surface area contributed by atoms with Crippen molar-refractivity contribution in [3.8, 4) is 0 Å². The summed E-state index contributed by atoms with van der Waals surface area (Å²) < 4.78 is 0. The van der Waals surface area contributed by atoms with Gasteiger partial charge in [0.25, 0.3) is 0 Å². The standard InChI is InChI=1S/C16H23N5S2/c1-19-6-8-21(9-7-19)14-13-11-4-5-20(2)10-12(11)23-15(13)18-16(17-14)22-3/h4-10H2,1-3H3/p+2. The Labute approximate surface area is 145 Å². The van der Waals surface area contributed by atoms with Crippen LogP contribution in [0.25, 0.3) is 10.2 Å². The van der Waals surface area contributed by atoms with Crippen LogP contribution in [0.2, 0.25) is 0 Å². The van der Waals surface area contributed by atoms with Crippen LogP contribution in [-0.4, -0.2) is 63.0 Å². The zero-order valence-corrected chi connectivity index (χ0v) is 15.7. The lowest BCUT2D eigenvalue weighted by Gasteiger charge is -2.31. The first kappa shape index (κ1) is 15.6. The quantitative estimate of drug-likeness (QED) is 0.555. The predicted octanol–water partition coefficient (Wildman–Crippen LogP) is -0.681. The molecule has 1 unspecified atom stereocenters. The number of nitrogens with one attached hydrogen (secondary N) is 2. The van der Waals surface area contributed by atoms with E-state index in [1.807, 2.05) is 11.3 Å². The Morgan fingerprint density at radius 2 is 1.87 bits per heavy atom. The number of quaternary nitrogens is 2. The number of hydrogen-bond acceptors (Lipinski definition) is 5. The van der Waals surface area contributed by atoms with Crippen molar-refractivity contribution in [1.82, 2.24) is 9.97 Å². The van der Waals surface area contributed by atoms with Crippen molar-refractivity contribution in [3.05, 3.63) is 10.4 Å². The highest BCUT2D eigenvalue weighted by Crippen LogP contribution is 2.37. The first-order valence-corrected chi connectivity index (χ1v) is 10.4. The minimum absolute atomic E-state index is 0.915. The number of fused-ring (bicyclic) bond motifs is 3. The van der Waals surface area contributed by atoms with Crippen LogP contribution < -0.4 is 14.7 Å². The summed E-state index contributed by atoms with van der Waals surface area (Å²) in [5.41, 5.74) is 1.53. The maximum Gasteiger partial charge on any atom is 0.190 e. The summed E-state index contributed by atoms with van der Waals surface area (Å²) in [5.74, 6) is 1.20. The number of hydrogen-bond donors (Lipinski definition) is 2. The Bertz CT molecular complexity index is 721. The van der Waals surface area contributed by atoms with Gasteiger partial charge in [0.1, 0.15) is 17.2 Å². The second kappa shape index (κ2) is 6.20. The summed E-state index contributed by atoms with van der Waals surface area (Å²) in [7, 11) is 4.57. The average molecular weight is 352 g/mol. The van der Waals surface area contributed by atoms with E-state index in [9.17, 15) is 0 Å². The molecule has 2 aromatic rings.